The Kier molecular flexibility index (Phi) is 6.23. The maximum atomic E-state index is 12.6. The standard InChI is InChI=1S/C7H3BrF2O.C7H4F2O/c8-5-1-4(3-11)7(10)6(9)2-5;8-6-3-1-2-5(4-10)7(6)9/h1-3H;1-4H. The van der Waals surface area contributed by atoms with Crippen molar-refractivity contribution in [1.82, 2.24) is 0 Å². The van der Waals surface area contributed by atoms with Gasteiger partial charge < -0.3 is 0 Å². The molecule has 0 N–H and O–H groups in total. The van der Waals surface area contributed by atoms with E-state index in [9.17, 15) is 27.2 Å². The van der Waals surface area contributed by atoms with Crippen molar-refractivity contribution in [1.29, 1.82) is 0 Å². The van der Waals surface area contributed by atoms with Gasteiger partial charge in [0.25, 0.3) is 0 Å². The van der Waals surface area contributed by atoms with Crippen molar-refractivity contribution < 1.29 is 27.2 Å². The molecule has 0 atom stereocenters. The number of carbonyl (C=O) groups excluding carboxylic acids is 2. The first kappa shape index (κ1) is 17.0. The second-order valence-corrected chi connectivity index (χ2v) is 4.59. The summed E-state index contributed by atoms with van der Waals surface area (Å²) in [4.78, 5) is 20.1. The summed E-state index contributed by atoms with van der Waals surface area (Å²) in [6, 6.07) is 5.63. The van der Waals surface area contributed by atoms with Crippen molar-refractivity contribution >= 4 is 28.5 Å². The molecule has 7 heteroatoms. The Morgan fingerprint density at radius 2 is 1.38 bits per heavy atom. The lowest BCUT2D eigenvalue weighted by Crippen LogP contribution is -1.91. The predicted molar refractivity (Wildman–Crippen MR) is 71.2 cm³/mol. The highest BCUT2D eigenvalue weighted by atomic mass is 79.9. The number of benzene rings is 2. The average Bonchev–Trinajstić information content (AvgIpc) is 2.46. The van der Waals surface area contributed by atoms with Gasteiger partial charge in [0.1, 0.15) is 0 Å². The molecule has 0 fully saturated rings. The van der Waals surface area contributed by atoms with E-state index in [1.54, 1.807) is 0 Å². The van der Waals surface area contributed by atoms with E-state index in [2.05, 4.69) is 15.9 Å². The van der Waals surface area contributed by atoms with Gasteiger partial charge in [-0.25, -0.2) is 17.6 Å². The van der Waals surface area contributed by atoms with Crippen molar-refractivity contribution in [3.63, 3.8) is 0 Å². The first-order valence-corrected chi connectivity index (χ1v) is 6.19. The van der Waals surface area contributed by atoms with E-state index in [-0.39, 0.29) is 23.7 Å². The number of hydrogen-bond acceptors (Lipinski definition) is 2. The van der Waals surface area contributed by atoms with Crippen LogP contribution in [0.25, 0.3) is 0 Å². The lowest BCUT2D eigenvalue weighted by atomic mass is 10.2. The summed E-state index contributed by atoms with van der Waals surface area (Å²) < 4.78 is 50.0. The molecule has 21 heavy (non-hydrogen) atoms. The molecule has 2 aromatic carbocycles. The highest BCUT2D eigenvalue weighted by Gasteiger charge is 2.08. The van der Waals surface area contributed by atoms with Crippen LogP contribution < -0.4 is 0 Å². The second kappa shape index (κ2) is 7.68. The third-order valence-electron chi connectivity index (χ3n) is 2.26. The number of rotatable bonds is 2. The maximum Gasteiger partial charge on any atom is 0.169 e. The summed E-state index contributed by atoms with van der Waals surface area (Å²) >= 11 is 2.92. The molecule has 0 saturated heterocycles. The first-order valence-electron chi connectivity index (χ1n) is 5.39. The molecule has 0 bridgehead atoms. The Bertz CT molecular complexity index is 674. The van der Waals surface area contributed by atoms with E-state index in [4.69, 9.17) is 0 Å². The summed E-state index contributed by atoms with van der Waals surface area (Å²) in [5.41, 5.74) is -0.531. The van der Waals surface area contributed by atoms with Gasteiger partial charge in [-0.15, -0.1) is 0 Å². The molecule has 0 heterocycles. The van der Waals surface area contributed by atoms with Crippen molar-refractivity contribution in [3.05, 3.63) is 69.2 Å². The van der Waals surface area contributed by atoms with E-state index < -0.39 is 23.3 Å². The topological polar surface area (TPSA) is 34.1 Å². The molecule has 0 spiro atoms. The zero-order valence-corrected chi connectivity index (χ0v) is 11.8. The fraction of sp³-hybridized carbons (Fsp3) is 0. The van der Waals surface area contributed by atoms with E-state index in [1.807, 2.05) is 0 Å². The minimum absolute atomic E-state index is 0.250. The summed E-state index contributed by atoms with van der Waals surface area (Å²) in [7, 11) is 0. The molecule has 0 aromatic heterocycles. The lowest BCUT2D eigenvalue weighted by Gasteiger charge is -1.96. The lowest BCUT2D eigenvalue weighted by molar-refractivity contribution is 0.111. The van der Waals surface area contributed by atoms with Gasteiger partial charge in [-0.1, -0.05) is 22.0 Å². The van der Waals surface area contributed by atoms with Gasteiger partial charge in [-0.05, 0) is 24.3 Å². The van der Waals surface area contributed by atoms with E-state index >= 15 is 0 Å². The molecule has 0 aliphatic carbocycles. The number of hydrogen-bond donors (Lipinski definition) is 0. The normalized spacial score (nSPS) is 9.57. The van der Waals surface area contributed by atoms with E-state index in [0.29, 0.717) is 4.47 Å². The van der Waals surface area contributed by atoms with Crippen molar-refractivity contribution in [2.75, 3.05) is 0 Å². The van der Waals surface area contributed by atoms with Crippen LogP contribution in [0.2, 0.25) is 0 Å². The zero-order chi connectivity index (χ0) is 16.0. The smallest absolute Gasteiger partial charge is 0.169 e. The van der Waals surface area contributed by atoms with Crippen LogP contribution >= 0.6 is 15.9 Å². The highest BCUT2D eigenvalue weighted by Crippen LogP contribution is 2.17. The largest absolute Gasteiger partial charge is 0.298 e. The quantitative estimate of drug-likeness (QED) is 0.453. The summed E-state index contributed by atoms with van der Waals surface area (Å²) in [5.74, 6) is -4.22. The molecule has 0 aliphatic rings. The maximum absolute atomic E-state index is 12.6. The number of carbonyl (C=O) groups is 2. The average molecular weight is 363 g/mol. The Morgan fingerprint density at radius 3 is 1.90 bits per heavy atom. The van der Waals surface area contributed by atoms with Crippen molar-refractivity contribution in [2.24, 2.45) is 0 Å². The monoisotopic (exact) mass is 362 g/mol. The van der Waals surface area contributed by atoms with Gasteiger partial charge in [-0.2, -0.15) is 0 Å². The molecule has 0 saturated carbocycles. The Morgan fingerprint density at radius 1 is 0.810 bits per heavy atom. The van der Waals surface area contributed by atoms with Crippen LogP contribution in [0, 0.1) is 23.3 Å². The summed E-state index contributed by atoms with van der Waals surface area (Å²) in [6.07, 6.45) is 0.543. The van der Waals surface area contributed by atoms with Gasteiger partial charge in [0.2, 0.25) is 0 Å². The van der Waals surface area contributed by atoms with Gasteiger partial charge in [0, 0.05) is 4.47 Å². The SMILES string of the molecule is O=Cc1cc(Br)cc(F)c1F.O=Cc1cccc(F)c1F. The van der Waals surface area contributed by atoms with Gasteiger partial charge in [0.05, 0.1) is 11.1 Å². The fourth-order valence-electron chi connectivity index (χ4n) is 1.27. The van der Waals surface area contributed by atoms with Gasteiger partial charge >= 0.3 is 0 Å². The Balaban J connectivity index is 0.000000211. The third kappa shape index (κ3) is 4.49. The Labute approximate surface area is 125 Å². The second-order valence-electron chi connectivity index (χ2n) is 3.67. The van der Waals surface area contributed by atoms with Crippen molar-refractivity contribution in [3.8, 4) is 0 Å². The van der Waals surface area contributed by atoms with Gasteiger partial charge in [0.15, 0.2) is 35.8 Å². The highest BCUT2D eigenvalue weighted by molar-refractivity contribution is 9.10. The fourth-order valence-corrected chi connectivity index (χ4v) is 1.72. The zero-order valence-electron chi connectivity index (χ0n) is 10.2. The van der Waals surface area contributed by atoms with Crippen LogP contribution in [0.4, 0.5) is 17.6 Å². The first-order chi connectivity index (χ1) is 9.90. The van der Waals surface area contributed by atoms with E-state index in [1.165, 1.54) is 18.2 Å². The molecule has 110 valence electrons. The van der Waals surface area contributed by atoms with Crippen LogP contribution in [-0.2, 0) is 0 Å². The third-order valence-corrected chi connectivity index (χ3v) is 2.71. The minimum atomic E-state index is -1.11. The predicted octanol–water partition coefficient (Wildman–Crippen LogP) is 4.32. The minimum Gasteiger partial charge on any atom is -0.298 e. The molecule has 2 nitrogen and oxygen atoms in total. The Hall–Kier alpha value is -2.02. The molecule has 0 aliphatic heterocycles. The van der Waals surface area contributed by atoms with Crippen LogP contribution in [0.1, 0.15) is 20.7 Å². The van der Waals surface area contributed by atoms with E-state index in [0.717, 1.165) is 12.1 Å². The molecular weight excluding hydrogens is 356 g/mol. The molecular formula is C14H7BrF4O2. The molecule has 2 rings (SSSR count). The molecule has 2 aromatic rings. The molecule has 0 amide bonds. The summed E-state index contributed by atoms with van der Waals surface area (Å²) in [5, 5.41) is 0. The number of halogens is 5. The summed E-state index contributed by atoms with van der Waals surface area (Å²) in [6.45, 7) is 0. The van der Waals surface area contributed by atoms with Crippen LogP contribution in [0.15, 0.2) is 34.8 Å². The van der Waals surface area contributed by atoms with Crippen molar-refractivity contribution in [2.45, 2.75) is 0 Å². The van der Waals surface area contributed by atoms with Gasteiger partial charge in [-0.3, -0.25) is 9.59 Å². The number of aldehydes is 2. The molecule has 0 unspecified atom stereocenters. The van der Waals surface area contributed by atoms with Crippen LogP contribution in [-0.4, -0.2) is 12.6 Å². The van der Waals surface area contributed by atoms with Crippen LogP contribution in [0.5, 0.6) is 0 Å². The molecule has 0 radical (unpaired) electrons. The van der Waals surface area contributed by atoms with Crippen LogP contribution in [0.3, 0.4) is 0 Å².